The molecule has 0 aliphatic carbocycles. The summed E-state index contributed by atoms with van der Waals surface area (Å²) in [7, 11) is -4.58. The third-order valence-electron chi connectivity index (χ3n) is 6.20. The molecule has 3 aromatic carbocycles. The van der Waals surface area contributed by atoms with Gasteiger partial charge in [-0.1, -0.05) is 44.0 Å². The Bertz CT molecular complexity index is 1450. The second kappa shape index (κ2) is 8.55. The molecule has 0 unspecified atom stereocenters. The maximum atomic E-state index is 13.6. The van der Waals surface area contributed by atoms with Crippen LogP contribution >= 0.6 is 31.9 Å². The van der Waals surface area contributed by atoms with E-state index < -0.39 is 32.2 Å². The Labute approximate surface area is 219 Å². The van der Waals surface area contributed by atoms with Crippen molar-refractivity contribution in [2.24, 2.45) is 0 Å². The molecule has 1 heterocycles. The zero-order valence-electron chi connectivity index (χ0n) is 19.1. The molecule has 1 aliphatic rings. The van der Waals surface area contributed by atoms with Crippen LogP contribution in [0.2, 0.25) is 0 Å². The largest absolute Gasteiger partial charge is 0.508 e. The van der Waals surface area contributed by atoms with E-state index in [2.05, 4.69) is 31.9 Å². The van der Waals surface area contributed by atoms with E-state index in [4.69, 9.17) is 4.18 Å². The van der Waals surface area contributed by atoms with Crippen LogP contribution in [0.1, 0.15) is 62.4 Å². The van der Waals surface area contributed by atoms with Gasteiger partial charge in [-0.3, -0.25) is 9.59 Å². The molecule has 4 rings (SSSR count). The molecule has 2 N–H and O–H groups in total. The molecule has 7 nitrogen and oxygen atoms in total. The minimum atomic E-state index is -4.58. The van der Waals surface area contributed by atoms with Gasteiger partial charge in [-0.25, -0.2) is 4.18 Å². The SMILES string of the molecule is CC(=O)c1ccc2c(c1C(C)=O)S(=O)(=O)OC2(c1cc(O)c(C)c(Br)c1)c1cc(O)c(C)c(Br)c1. The third-order valence-corrected chi connectivity index (χ3v) is 9.24. The molecule has 0 bridgehead atoms. The van der Waals surface area contributed by atoms with Crippen LogP contribution in [0.4, 0.5) is 0 Å². The van der Waals surface area contributed by atoms with Crippen molar-refractivity contribution < 1.29 is 32.4 Å². The maximum absolute atomic E-state index is 13.6. The Morgan fingerprint density at radius 3 is 1.74 bits per heavy atom. The first kappa shape index (κ1) is 25.6. The molecule has 0 spiro atoms. The zero-order valence-corrected chi connectivity index (χ0v) is 23.1. The lowest BCUT2D eigenvalue weighted by Crippen LogP contribution is -2.30. The fourth-order valence-corrected chi connectivity index (χ4v) is 6.90. The van der Waals surface area contributed by atoms with E-state index in [-0.39, 0.29) is 39.3 Å². The fraction of sp³-hybridized carbons (Fsp3) is 0.200. The number of hydrogen-bond donors (Lipinski definition) is 2. The fourth-order valence-electron chi connectivity index (χ4n) is 4.32. The smallest absolute Gasteiger partial charge is 0.299 e. The van der Waals surface area contributed by atoms with E-state index >= 15 is 0 Å². The number of phenolic OH excluding ortho intramolecular Hbond substituents is 2. The Balaban J connectivity index is 2.25. The normalized spacial score (nSPS) is 15.6. The summed E-state index contributed by atoms with van der Waals surface area (Å²) in [6.07, 6.45) is 0. The first-order chi connectivity index (χ1) is 16.2. The number of phenols is 2. The molecule has 0 radical (unpaired) electrons. The highest BCUT2D eigenvalue weighted by Gasteiger charge is 2.54. The summed E-state index contributed by atoms with van der Waals surface area (Å²) in [5, 5.41) is 21.2. The molecule has 182 valence electrons. The minimum absolute atomic E-state index is 0.0416. The molecule has 10 heteroatoms. The molecular weight excluding hydrogens is 604 g/mol. The van der Waals surface area contributed by atoms with Gasteiger partial charge in [0.05, 0.1) is 0 Å². The lowest BCUT2D eigenvalue weighted by Gasteiger charge is -2.30. The maximum Gasteiger partial charge on any atom is 0.299 e. The zero-order chi connectivity index (χ0) is 26.0. The third kappa shape index (κ3) is 3.83. The van der Waals surface area contributed by atoms with E-state index in [0.29, 0.717) is 20.1 Å². The van der Waals surface area contributed by atoms with Crippen molar-refractivity contribution >= 4 is 53.5 Å². The standard InChI is InChI=1S/C25H20Br2O7S/c1-11-19(26)7-15(9-21(11)30)25(16-8-20(27)12(2)22(31)10-16)18-6-5-17(13(3)28)23(14(4)29)24(18)35(32,33)34-25/h5-10,30-31H,1-4H3. The number of rotatable bonds is 4. The monoisotopic (exact) mass is 622 g/mol. The van der Waals surface area contributed by atoms with Crippen LogP contribution in [0, 0.1) is 13.8 Å². The Hall–Kier alpha value is -2.53. The molecule has 3 aromatic rings. The van der Waals surface area contributed by atoms with E-state index in [0.717, 1.165) is 0 Å². The van der Waals surface area contributed by atoms with Gasteiger partial charge in [0, 0.05) is 36.8 Å². The number of carbonyl (C=O) groups is 2. The van der Waals surface area contributed by atoms with Gasteiger partial charge in [0.2, 0.25) is 0 Å². The second-order valence-corrected chi connectivity index (χ2v) is 11.6. The molecule has 0 atom stereocenters. The lowest BCUT2D eigenvalue weighted by atomic mass is 9.78. The number of hydrogen-bond acceptors (Lipinski definition) is 7. The topological polar surface area (TPSA) is 118 Å². The molecule has 0 amide bonds. The predicted octanol–water partition coefficient (Wildman–Crippen LogP) is 5.66. The number of Topliss-reactive ketones (excluding diaryl/α,β-unsaturated/α-hetero) is 2. The van der Waals surface area contributed by atoms with Gasteiger partial charge < -0.3 is 10.2 Å². The first-order valence-electron chi connectivity index (χ1n) is 10.4. The van der Waals surface area contributed by atoms with Gasteiger partial charge in [0.1, 0.15) is 16.4 Å². The van der Waals surface area contributed by atoms with Crippen molar-refractivity contribution in [2.75, 3.05) is 0 Å². The van der Waals surface area contributed by atoms with Crippen molar-refractivity contribution in [3.63, 3.8) is 0 Å². The number of halogens is 2. The van der Waals surface area contributed by atoms with E-state index in [1.807, 2.05) is 0 Å². The Morgan fingerprint density at radius 2 is 1.34 bits per heavy atom. The summed E-state index contributed by atoms with van der Waals surface area (Å²) >= 11 is 6.79. The molecular formula is C25H20Br2O7S. The van der Waals surface area contributed by atoms with Crippen molar-refractivity contribution in [1.29, 1.82) is 0 Å². The van der Waals surface area contributed by atoms with Gasteiger partial charge in [-0.15, -0.1) is 0 Å². The minimum Gasteiger partial charge on any atom is -0.508 e. The molecule has 0 fully saturated rings. The average molecular weight is 624 g/mol. The number of carbonyl (C=O) groups excluding carboxylic acids is 2. The van der Waals surface area contributed by atoms with Crippen LogP contribution in [0.15, 0.2) is 50.2 Å². The summed E-state index contributed by atoms with van der Waals surface area (Å²) in [5.41, 5.74) is -0.593. The number of benzene rings is 3. The average Bonchev–Trinajstić information content (AvgIpc) is 3.02. The van der Waals surface area contributed by atoms with E-state index in [1.54, 1.807) is 26.0 Å². The molecule has 1 aliphatic heterocycles. The summed E-state index contributed by atoms with van der Waals surface area (Å²) in [6.45, 7) is 5.78. The Morgan fingerprint density at radius 1 is 0.857 bits per heavy atom. The highest BCUT2D eigenvalue weighted by Crippen LogP contribution is 2.54. The molecule has 0 saturated heterocycles. The van der Waals surface area contributed by atoms with Crippen molar-refractivity contribution in [2.45, 2.75) is 38.2 Å². The lowest BCUT2D eigenvalue weighted by molar-refractivity contribution is 0.0978. The Kier molecular flexibility index (Phi) is 6.24. The van der Waals surface area contributed by atoms with E-state index in [1.165, 1.54) is 38.1 Å². The van der Waals surface area contributed by atoms with Gasteiger partial charge in [-0.2, -0.15) is 8.42 Å². The molecule has 35 heavy (non-hydrogen) atoms. The van der Waals surface area contributed by atoms with Crippen molar-refractivity contribution in [3.05, 3.63) is 84.3 Å². The van der Waals surface area contributed by atoms with Crippen LogP contribution in [0.5, 0.6) is 11.5 Å². The van der Waals surface area contributed by atoms with E-state index in [9.17, 15) is 28.2 Å². The van der Waals surface area contributed by atoms with Crippen LogP contribution in [-0.4, -0.2) is 30.2 Å². The summed E-state index contributed by atoms with van der Waals surface area (Å²) < 4.78 is 33.9. The highest BCUT2D eigenvalue weighted by molar-refractivity contribution is 9.10. The molecule has 0 aromatic heterocycles. The highest BCUT2D eigenvalue weighted by atomic mass is 79.9. The van der Waals surface area contributed by atoms with Crippen molar-refractivity contribution in [3.8, 4) is 11.5 Å². The van der Waals surface area contributed by atoms with Gasteiger partial charge >= 0.3 is 0 Å². The summed E-state index contributed by atoms with van der Waals surface area (Å²) in [4.78, 5) is 24.5. The summed E-state index contributed by atoms with van der Waals surface area (Å²) in [5.74, 6) is -1.33. The van der Waals surface area contributed by atoms with Gasteiger partial charge in [0.25, 0.3) is 10.1 Å². The van der Waals surface area contributed by atoms with Gasteiger partial charge in [0.15, 0.2) is 17.2 Å². The first-order valence-corrected chi connectivity index (χ1v) is 13.4. The van der Waals surface area contributed by atoms with Crippen LogP contribution in [-0.2, 0) is 19.9 Å². The molecule has 0 saturated carbocycles. The van der Waals surface area contributed by atoms with Crippen LogP contribution < -0.4 is 0 Å². The van der Waals surface area contributed by atoms with Crippen LogP contribution in [0.25, 0.3) is 0 Å². The van der Waals surface area contributed by atoms with Crippen molar-refractivity contribution in [1.82, 2.24) is 0 Å². The van der Waals surface area contributed by atoms with Gasteiger partial charge in [-0.05, 0) is 63.1 Å². The predicted molar refractivity (Wildman–Crippen MR) is 136 cm³/mol. The number of aromatic hydroxyl groups is 2. The summed E-state index contributed by atoms with van der Waals surface area (Å²) in [6, 6.07) is 8.79. The quantitative estimate of drug-likeness (QED) is 0.285. The number of fused-ring (bicyclic) bond motifs is 1. The second-order valence-electron chi connectivity index (χ2n) is 8.40. The van der Waals surface area contributed by atoms with Crippen LogP contribution in [0.3, 0.4) is 0 Å². The number of ketones is 2.